The van der Waals surface area contributed by atoms with E-state index in [0.29, 0.717) is 29.2 Å². The van der Waals surface area contributed by atoms with Crippen molar-refractivity contribution in [3.8, 4) is 17.0 Å². The summed E-state index contributed by atoms with van der Waals surface area (Å²) in [7, 11) is 1.60. The van der Waals surface area contributed by atoms with Crippen LogP contribution in [0, 0.1) is 5.82 Å². The third kappa shape index (κ3) is 4.03. The third-order valence-electron chi connectivity index (χ3n) is 5.58. The van der Waals surface area contributed by atoms with E-state index < -0.39 is 17.4 Å². The van der Waals surface area contributed by atoms with Crippen LogP contribution >= 0.6 is 0 Å². The van der Waals surface area contributed by atoms with Gasteiger partial charge in [0.2, 0.25) is 6.41 Å². The minimum absolute atomic E-state index is 0.00564. The van der Waals surface area contributed by atoms with Gasteiger partial charge in [-0.2, -0.15) is 0 Å². The van der Waals surface area contributed by atoms with Crippen molar-refractivity contribution in [1.29, 1.82) is 0 Å². The van der Waals surface area contributed by atoms with Crippen LogP contribution in [-0.2, 0) is 10.2 Å². The number of pyridine rings is 1. The number of phenols is 1. The molecule has 31 heavy (non-hydrogen) atoms. The second kappa shape index (κ2) is 8.25. The quantitative estimate of drug-likeness (QED) is 0.564. The summed E-state index contributed by atoms with van der Waals surface area (Å²) >= 11 is 0. The average Bonchev–Trinajstić information content (AvgIpc) is 2.76. The van der Waals surface area contributed by atoms with Crippen molar-refractivity contribution in [1.82, 2.24) is 15.2 Å². The van der Waals surface area contributed by atoms with E-state index >= 15 is 0 Å². The molecule has 1 aliphatic carbocycles. The van der Waals surface area contributed by atoms with Crippen molar-refractivity contribution in [3.63, 3.8) is 0 Å². The lowest BCUT2D eigenvalue weighted by molar-refractivity contribution is -0.107. The first kappa shape index (κ1) is 20.6. The smallest absolute Gasteiger partial charge is 0.213 e. The van der Waals surface area contributed by atoms with E-state index in [1.807, 2.05) is 0 Å². The number of aromatic nitrogens is 3. The first-order chi connectivity index (χ1) is 14.9. The highest BCUT2D eigenvalue weighted by molar-refractivity contribution is 5.79. The molecule has 7 nitrogen and oxygen atoms in total. The van der Waals surface area contributed by atoms with Gasteiger partial charge in [-0.3, -0.25) is 9.78 Å². The van der Waals surface area contributed by atoms with Gasteiger partial charge in [-0.05, 0) is 55.3 Å². The fourth-order valence-electron chi connectivity index (χ4n) is 3.82. The van der Waals surface area contributed by atoms with Gasteiger partial charge < -0.3 is 15.3 Å². The van der Waals surface area contributed by atoms with Gasteiger partial charge in [-0.15, -0.1) is 10.2 Å². The number of hydrogen-bond acceptors (Lipinski definition) is 6. The number of alkyl halides is 1. The van der Waals surface area contributed by atoms with E-state index in [-0.39, 0.29) is 30.8 Å². The molecule has 0 unspecified atom stereocenters. The van der Waals surface area contributed by atoms with E-state index in [1.165, 1.54) is 29.3 Å². The molecular weight excluding hydrogens is 404 g/mol. The Kier molecular flexibility index (Phi) is 5.50. The molecule has 1 fully saturated rings. The number of hydrogen-bond donors (Lipinski definition) is 2. The van der Waals surface area contributed by atoms with Gasteiger partial charge in [0.15, 0.2) is 0 Å². The molecule has 4 rings (SSSR count). The highest BCUT2D eigenvalue weighted by Crippen LogP contribution is 2.45. The third-order valence-corrected chi connectivity index (χ3v) is 5.58. The van der Waals surface area contributed by atoms with Crippen LogP contribution in [0.5, 0.6) is 5.75 Å². The predicted molar refractivity (Wildman–Crippen MR) is 112 cm³/mol. The zero-order valence-corrected chi connectivity index (χ0v) is 16.8. The molecule has 2 N–H and O–H groups in total. The molecule has 3 aromatic rings. The van der Waals surface area contributed by atoms with E-state index in [4.69, 9.17) is 0 Å². The zero-order chi connectivity index (χ0) is 22.0. The summed E-state index contributed by atoms with van der Waals surface area (Å²) in [4.78, 5) is 16.5. The molecule has 1 aliphatic rings. The Hall–Kier alpha value is -3.62. The van der Waals surface area contributed by atoms with Gasteiger partial charge in [-0.25, -0.2) is 8.78 Å². The van der Waals surface area contributed by atoms with Gasteiger partial charge in [-0.1, -0.05) is 0 Å². The van der Waals surface area contributed by atoms with Gasteiger partial charge in [0, 0.05) is 36.5 Å². The van der Waals surface area contributed by atoms with Crippen molar-refractivity contribution in [3.05, 3.63) is 60.2 Å². The van der Waals surface area contributed by atoms with E-state index in [2.05, 4.69) is 20.5 Å². The van der Waals surface area contributed by atoms with E-state index in [1.54, 1.807) is 31.3 Å². The summed E-state index contributed by atoms with van der Waals surface area (Å²) in [5, 5.41) is 21.5. The van der Waals surface area contributed by atoms with Gasteiger partial charge in [0.05, 0.1) is 11.4 Å². The van der Waals surface area contributed by atoms with Crippen molar-refractivity contribution in [2.24, 2.45) is 0 Å². The molecule has 0 spiro atoms. The summed E-state index contributed by atoms with van der Waals surface area (Å²) in [5.41, 5.74) is 0.953. The fraction of sp³-hybridized carbons (Fsp3) is 0.273. The van der Waals surface area contributed by atoms with Gasteiger partial charge >= 0.3 is 0 Å². The highest BCUT2D eigenvalue weighted by Gasteiger charge is 2.48. The molecular formula is C22H21F2N5O2. The Morgan fingerprint density at radius 3 is 2.71 bits per heavy atom. The molecule has 2 heterocycles. The topological polar surface area (TPSA) is 91.2 Å². The molecule has 0 saturated heterocycles. The highest BCUT2D eigenvalue weighted by atomic mass is 19.1. The van der Waals surface area contributed by atoms with E-state index in [9.17, 15) is 18.7 Å². The van der Waals surface area contributed by atoms with Crippen LogP contribution in [0.2, 0.25) is 0 Å². The van der Waals surface area contributed by atoms with Crippen LogP contribution in [-0.4, -0.2) is 46.5 Å². The number of benzene rings is 1. The van der Waals surface area contributed by atoms with Gasteiger partial charge in [0.1, 0.15) is 23.6 Å². The number of halogens is 2. The molecule has 0 atom stereocenters. The number of nitrogens with zero attached hydrogens (tertiary/aromatic N) is 4. The molecule has 1 saturated carbocycles. The first-order valence-corrected chi connectivity index (χ1v) is 9.76. The SMILES string of the molecule is CN(C=O)c1ccc(O)c(-c2ccc(NCC3(c4ncccc4F)CC(F)C3)nn2)c1. The molecule has 1 amide bonds. The average molecular weight is 425 g/mol. The maximum atomic E-state index is 14.3. The number of aromatic hydroxyl groups is 1. The van der Waals surface area contributed by atoms with Crippen LogP contribution < -0.4 is 10.2 Å². The maximum absolute atomic E-state index is 14.3. The van der Waals surface area contributed by atoms with E-state index in [0.717, 1.165) is 0 Å². The lowest BCUT2D eigenvalue weighted by Gasteiger charge is -2.44. The molecule has 1 aromatic carbocycles. The minimum atomic E-state index is -0.989. The van der Waals surface area contributed by atoms with Crippen LogP contribution in [0.1, 0.15) is 18.5 Å². The number of amides is 1. The number of nitrogens with one attached hydrogen (secondary N) is 1. The molecule has 9 heteroatoms. The standard InChI is InChI=1S/C22H21F2N5O2/c1-29(13-30)15-4-6-19(31)16(9-15)18-5-7-20(28-27-18)26-12-22(10-14(23)11-22)21-17(24)3-2-8-25-21/h2-9,13-14,31H,10-12H2,1H3,(H,26,28). The Morgan fingerprint density at radius 2 is 2.06 bits per heavy atom. The van der Waals surface area contributed by atoms with Gasteiger partial charge in [0.25, 0.3) is 0 Å². The number of carbonyl (C=O) groups is 1. The van der Waals surface area contributed by atoms with Crippen molar-refractivity contribution < 1.29 is 18.7 Å². The van der Waals surface area contributed by atoms with Crippen molar-refractivity contribution in [2.75, 3.05) is 23.8 Å². The molecule has 0 radical (unpaired) electrons. The minimum Gasteiger partial charge on any atom is -0.507 e. The number of carbonyl (C=O) groups excluding carboxylic acids is 1. The predicted octanol–water partition coefficient (Wildman–Crippen LogP) is 3.46. The molecule has 2 aromatic heterocycles. The van der Waals surface area contributed by atoms with Crippen molar-refractivity contribution in [2.45, 2.75) is 24.4 Å². The molecule has 0 bridgehead atoms. The summed E-state index contributed by atoms with van der Waals surface area (Å²) in [6.45, 7) is 0.264. The number of rotatable bonds is 7. The van der Waals surface area contributed by atoms with Crippen LogP contribution in [0.15, 0.2) is 48.7 Å². The van der Waals surface area contributed by atoms with Crippen molar-refractivity contribution >= 4 is 17.9 Å². The number of anilines is 2. The normalized spacial score (nSPS) is 20.0. The largest absolute Gasteiger partial charge is 0.507 e. The Bertz CT molecular complexity index is 1090. The monoisotopic (exact) mass is 425 g/mol. The summed E-state index contributed by atoms with van der Waals surface area (Å²) in [6.07, 6.45) is 1.55. The molecule has 0 aliphatic heterocycles. The summed E-state index contributed by atoms with van der Waals surface area (Å²) < 4.78 is 28.0. The zero-order valence-electron chi connectivity index (χ0n) is 16.8. The second-order valence-electron chi connectivity index (χ2n) is 7.69. The second-order valence-corrected chi connectivity index (χ2v) is 7.69. The summed E-state index contributed by atoms with van der Waals surface area (Å²) in [5.74, 6) is -0.0122. The number of phenolic OH excluding ortho intramolecular Hbond substituents is 1. The lowest BCUT2D eigenvalue weighted by atomic mass is 9.65. The van der Waals surface area contributed by atoms with Crippen LogP contribution in [0.4, 0.5) is 20.3 Å². The van der Waals surface area contributed by atoms with Crippen LogP contribution in [0.3, 0.4) is 0 Å². The Balaban J connectivity index is 1.52. The Morgan fingerprint density at radius 1 is 1.26 bits per heavy atom. The fourth-order valence-corrected chi connectivity index (χ4v) is 3.82. The Labute approximate surface area is 177 Å². The van der Waals surface area contributed by atoms with Crippen LogP contribution in [0.25, 0.3) is 11.3 Å². The molecule has 160 valence electrons. The summed E-state index contributed by atoms with van der Waals surface area (Å²) in [6, 6.07) is 10.9. The lowest BCUT2D eigenvalue weighted by Crippen LogP contribution is -2.49. The first-order valence-electron chi connectivity index (χ1n) is 9.76. The maximum Gasteiger partial charge on any atom is 0.213 e.